The molecule has 1 saturated heterocycles. The molecule has 0 radical (unpaired) electrons. The molecule has 1 aliphatic carbocycles. The Morgan fingerprint density at radius 2 is 1.58 bits per heavy atom. The van der Waals surface area contributed by atoms with Crippen LogP contribution in [0, 0.1) is 5.92 Å². The molecule has 2 N–H and O–H groups in total. The summed E-state index contributed by atoms with van der Waals surface area (Å²) in [5.41, 5.74) is 0. The van der Waals surface area contributed by atoms with Gasteiger partial charge in [0.05, 0.1) is 6.10 Å². The van der Waals surface area contributed by atoms with Gasteiger partial charge in [-0.3, -0.25) is 4.79 Å². The van der Waals surface area contributed by atoms with Gasteiger partial charge in [-0.15, -0.1) is 0 Å². The van der Waals surface area contributed by atoms with Crippen molar-refractivity contribution in [1.82, 2.24) is 4.90 Å². The molecule has 5 heteroatoms. The predicted octanol–water partition coefficient (Wildman–Crippen LogP) is 1.39. The van der Waals surface area contributed by atoms with Gasteiger partial charge in [0.25, 0.3) is 0 Å². The molecule has 5 nitrogen and oxygen atoms in total. The average Bonchev–Trinajstić information content (AvgIpc) is 2.70. The second-order valence-corrected chi connectivity index (χ2v) is 5.78. The summed E-state index contributed by atoms with van der Waals surface area (Å²) in [6.07, 6.45) is 6.84. The van der Waals surface area contributed by atoms with Gasteiger partial charge in [0.2, 0.25) is 5.91 Å². The molecule has 19 heavy (non-hydrogen) atoms. The number of carboxylic acid groups (broad SMARTS) is 1. The first-order valence-electron chi connectivity index (χ1n) is 7.31. The van der Waals surface area contributed by atoms with E-state index in [1.807, 2.05) is 0 Å². The van der Waals surface area contributed by atoms with E-state index in [0.29, 0.717) is 0 Å². The van der Waals surface area contributed by atoms with Crippen molar-refractivity contribution < 1.29 is 19.8 Å². The van der Waals surface area contributed by atoms with Gasteiger partial charge in [-0.25, -0.2) is 4.79 Å². The molecule has 1 aliphatic heterocycles. The van der Waals surface area contributed by atoms with E-state index in [4.69, 9.17) is 5.11 Å². The van der Waals surface area contributed by atoms with Crippen LogP contribution in [0.15, 0.2) is 0 Å². The SMILES string of the molecule is O=C(O)[C@H]1C[C@@H](O)CN1C(=O)C1CCCCCCC1. The van der Waals surface area contributed by atoms with Gasteiger partial charge >= 0.3 is 5.97 Å². The van der Waals surface area contributed by atoms with Crippen LogP contribution in [0.5, 0.6) is 0 Å². The number of carbonyl (C=O) groups excluding carboxylic acids is 1. The molecule has 2 rings (SSSR count). The number of aliphatic hydroxyl groups is 1. The summed E-state index contributed by atoms with van der Waals surface area (Å²) in [5.74, 6) is -1.12. The van der Waals surface area contributed by atoms with Gasteiger partial charge in [0.15, 0.2) is 0 Å². The highest BCUT2D eigenvalue weighted by Crippen LogP contribution is 2.27. The Kier molecular flexibility index (Phi) is 4.80. The van der Waals surface area contributed by atoms with Gasteiger partial charge in [-0.2, -0.15) is 0 Å². The van der Waals surface area contributed by atoms with Crippen molar-refractivity contribution in [2.75, 3.05) is 6.54 Å². The van der Waals surface area contributed by atoms with Crippen LogP contribution >= 0.6 is 0 Å². The van der Waals surface area contributed by atoms with E-state index < -0.39 is 18.1 Å². The number of aliphatic carboxylic acids is 1. The minimum absolute atomic E-state index is 0.0487. The van der Waals surface area contributed by atoms with Gasteiger partial charge in [0, 0.05) is 18.9 Å². The van der Waals surface area contributed by atoms with Crippen molar-refractivity contribution in [3.05, 3.63) is 0 Å². The van der Waals surface area contributed by atoms with E-state index in [1.165, 1.54) is 11.3 Å². The summed E-state index contributed by atoms with van der Waals surface area (Å²) < 4.78 is 0. The number of hydrogen-bond donors (Lipinski definition) is 2. The van der Waals surface area contributed by atoms with E-state index >= 15 is 0 Å². The zero-order valence-corrected chi connectivity index (χ0v) is 11.3. The molecule has 0 aromatic carbocycles. The number of amides is 1. The molecular formula is C14H23NO4. The van der Waals surface area contributed by atoms with Gasteiger partial charge in [0.1, 0.15) is 6.04 Å². The maximum absolute atomic E-state index is 12.5. The number of β-amino-alcohol motifs (C(OH)–C–C–N with tert-alkyl or cyclic N) is 1. The van der Waals surface area contributed by atoms with Crippen LogP contribution in [0.1, 0.15) is 51.4 Å². The lowest BCUT2D eigenvalue weighted by molar-refractivity contribution is -0.150. The highest BCUT2D eigenvalue weighted by atomic mass is 16.4. The van der Waals surface area contributed by atoms with Crippen molar-refractivity contribution in [2.24, 2.45) is 5.92 Å². The predicted molar refractivity (Wildman–Crippen MR) is 69.6 cm³/mol. The lowest BCUT2D eigenvalue weighted by atomic mass is 9.90. The number of likely N-dealkylation sites (tertiary alicyclic amines) is 1. The number of aliphatic hydroxyl groups excluding tert-OH is 1. The summed E-state index contributed by atoms with van der Waals surface area (Å²) in [5, 5.41) is 18.8. The maximum Gasteiger partial charge on any atom is 0.326 e. The summed E-state index contributed by atoms with van der Waals surface area (Å²) in [7, 11) is 0. The molecule has 0 unspecified atom stereocenters. The molecule has 1 heterocycles. The first-order valence-corrected chi connectivity index (χ1v) is 7.31. The highest BCUT2D eigenvalue weighted by molar-refractivity contribution is 5.85. The standard InChI is InChI=1S/C14H23NO4/c16-11-8-12(14(18)19)15(9-11)13(17)10-6-4-2-1-3-5-7-10/h10-12,16H,1-9H2,(H,18,19)/t11-,12-/m1/s1. The zero-order chi connectivity index (χ0) is 13.8. The van der Waals surface area contributed by atoms with E-state index in [-0.39, 0.29) is 24.8 Å². The number of hydrogen-bond acceptors (Lipinski definition) is 3. The Hall–Kier alpha value is -1.10. The van der Waals surface area contributed by atoms with Crippen LogP contribution in [-0.4, -0.2) is 45.7 Å². The van der Waals surface area contributed by atoms with E-state index in [0.717, 1.165) is 38.5 Å². The fraction of sp³-hybridized carbons (Fsp3) is 0.857. The van der Waals surface area contributed by atoms with Gasteiger partial charge < -0.3 is 15.1 Å². The fourth-order valence-electron chi connectivity index (χ4n) is 3.23. The number of carboxylic acids is 1. The van der Waals surface area contributed by atoms with E-state index in [2.05, 4.69) is 0 Å². The molecule has 2 atom stereocenters. The van der Waals surface area contributed by atoms with Crippen molar-refractivity contribution in [1.29, 1.82) is 0 Å². The van der Waals surface area contributed by atoms with E-state index in [9.17, 15) is 14.7 Å². The molecule has 0 bridgehead atoms. The van der Waals surface area contributed by atoms with Gasteiger partial charge in [-0.1, -0.05) is 32.1 Å². The largest absolute Gasteiger partial charge is 0.480 e. The van der Waals surface area contributed by atoms with Crippen LogP contribution in [0.4, 0.5) is 0 Å². The smallest absolute Gasteiger partial charge is 0.326 e. The van der Waals surface area contributed by atoms with Gasteiger partial charge in [-0.05, 0) is 12.8 Å². The van der Waals surface area contributed by atoms with E-state index in [1.54, 1.807) is 0 Å². The van der Waals surface area contributed by atoms with Crippen LogP contribution in [0.3, 0.4) is 0 Å². The lowest BCUT2D eigenvalue weighted by Crippen LogP contribution is -2.43. The average molecular weight is 269 g/mol. The molecule has 0 spiro atoms. The third-order valence-corrected chi connectivity index (χ3v) is 4.30. The summed E-state index contributed by atoms with van der Waals surface area (Å²) in [6.45, 7) is 0.173. The summed E-state index contributed by atoms with van der Waals surface area (Å²) in [4.78, 5) is 25.0. The molecule has 1 saturated carbocycles. The Morgan fingerprint density at radius 3 is 2.16 bits per heavy atom. The number of carbonyl (C=O) groups is 2. The second-order valence-electron chi connectivity index (χ2n) is 5.78. The molecule has 2 fully saturated rings. The van der Waals surface area contributed by atoms with Crippen molar-refractivity contribution in [2.45, 2.75) is 63.5 Å². The molecule has 1 amide bonds. The lowest BCUT2D eigenvalue weighted by Gasteiger charge is -2.27. The van der Waals surface area contributed by atoms with Crippen LogP contribution in [-0.2, 0) is 9.59 Å². The summed E-state index contributed by atoms with van der Waals surface area (Å²) in [6, 6.07) is -0.840. The quantitative estimate of drug-likeness (QED) is 0.794. The number of nitrogens with zero attached hydrogens (tertiary/aromatic N) is 1. The monoisotopic (exact) mass is 269 g/mol. The normalized spacial score (nSPS) is 29.8. The van der Waals surface area contributed by atoms with Crippen molar-refractivity contribution in [3.8, 4) is 0 Å². The summed E-state index contributed by atoms with van der Waals surface area (Å²) >= 11 is 0. The van der Waals surface area contributed by atoms with Crippen molar-refractivity contribution in [3.63, 3.8) is 0 Å². The third-order valence-electron chi connectivity index (χ3n) is 4.30. The van der Waals surface area contributed by atoms with Crippen LogP contribution < -0.4 is 0 Å². The zero-order valence-electron chi connectivity index (χ0n) is 11.3. The topological polar surface area (TPSA) is 77.8 Å². The Labute approximate surface area is 113 Å². The maximum atomic E-state index is 12.5. The Morgan fingerprint density at radius 1 is 1.00 bits per heavy atom. The molecule has 108 valence electrons. The minimum Gasteiger partial charge on any atom is -0.480 e. The highest BCUT2D eigenvalue weighted by Gasteiger charge is 2.40. The second kappa shape index (κ2) is 6.37. The van der Waals surface area contributed by atoms with Crippen molar-refractivity contribution >= 4 is 11.9 Å². The van der Waals surface area contributed by atoms with Crippen LogP contribution in [0.2, 0.25) is 0 Å². The Balaban J connectivity index is 2.02. The minimum atomic E-state index is -1.00. The van der Waals surface area contributed by atoms with Crippen LogP contribution in [0.25, 0.3) is 0 Å². The molecule has 2 aliphatic rings. The molecule has 0 aromatic rings. The first kappa shape index (κ1) is 14.3. The molecular weight excluding hydrogens is 246 g/mol. The fourth-order valence-corrected chi connectivity index (χ4v) is 3.23. The number of rotatable bonds is 2. The first-order chi connectivity index (χ1) is 9.09. The Bertz CT molecular complexity index is 336. The molecule has 0 aromatic heterocycles. The third kappa shape index (κ3) is 3.47.